The third kappa shape index (κ3) is 1.63. The van der Waals surface area contributed by atoms with Gasteiger partial charge in [0.1, 0.15) is 11.6 Å². The maximum atomic E-state index is 11.0. The summed E-state index contributed by atoms with van der Waals surface area (Å²) in [6, 6.07) is 4.21. The number of phenols is 1. The van der Waals surface area contributed by atoms with Crippen LogP contribution in [0.3, 0.4) is 0 Å². The third-order valence-corrected chi connectivity index (χ3v) is 2.30. The lowest BCUT2D eigenvalue weighted by Crippen LogP contribution is -2.05. The minimum Gasteiger partial charge on any atom is -0.508 e. The number of hydrogen-bond donors (Lipinski definition) is 2. The lowest BCUT2D eigenvalue weighted by molar-refractivity contribution is 0.0696. The smallest absolute Gasteiger partial charge is 0.337 e. The van der Waals surface area contributed by atoms with Crippen LogP contribution in [0.4, 0.5) is 0 Å². The molecule has 5 heteroatoms. The molecule has 0 atom stereocenters. The van der Waals surface area contributed by atoms with E-state index in [4.69, 9.17) is 5.11 Å². The molecule has 0 bridgehead atoms. The fourth-order valence-electron chi connectivity index (χ4n) is 1.54. The second kappa shape index (κ2) is 3.69. The van der Waals surface area contributed by atoms with Crippen molar-refractivity contribution in [2.24, 2.45) is 0 Å². The van der Waals surface area contributed by atoms with Gasteiger partial charge in [0.15, 0.2) is 0 Å². The first kappa shape index (κ1) is 10.2. The van der Waals surface area contributed by atoms with Gasteiger partial charge in [-0.15, -0.1) is 0 Å². The Kier molecular flexibility index (Phi) is 2.36. The van der Waals surface area contributed by atoms with Crippen LogP contribution in [0.5, 0.6) is 5.75 Å². The first-order valence-electron chi connectivity index (χ1n) is 4.66. The summed E-state index contributed by atoms with van der Waals surface area (Å²) >= 11 is 0. The average molecular weight is 218 g/mol. The third-order valence-electron chi connectivity index (χ3n) is 2.30. The lowest BCUT2D eigenvalue weighted by Gasteiger charge is -2.09. The molecular weight excluding hydrogens is 208 g/mol. The highest BCUT2D eigenvalue weighted by molar-refractivity contribution is 5.92. The highest BCUT2D eigenvalue weighted by Crippen LogP contribution is 2.21. The van der Waals surface area contributed by atoms with Crippen molar-refractivity contribution in [3.8, 4) is 11.4 Å². The number of imidazole rings is 1. The predicted molar refractivity (Wildman–Crippen MR) is 56.9 cm³/mol. The van der Waals surface area contributed by atoms with E-state index in [1.807, 2.05) is 0 Å². The van der Waals surface area contributed by atoms with Crippen LogP contribution >= 0.6 is 0 Å². The highest BCUT2D eigenvalue weighted by atomic mass is 16.4. The van der Waals surface area contributed by atoms with E-state index in [0.717, 1.165) is 0 Å². The Hall–Kier alpha value is -2.30. The van der Waals surface area contributed by atoms with Crippen molar-refractivity contribution in [3.63, 3.8) is 0 Å². The molecule has 0 spiro atoms. The van der Waals surface area contributed by atoms with Crippen molar-refractivity contribution in [1.82, 2.24) is 9.55 Å². The molecular formula is C11H10N2O3. The molecule has 0 unspecified atom stereocenters. The van der Waals surface area contributed by atoms with Crippen molar-refractivity contribution in [2.75, 3.05) is 0 Å². The monoisotopic (exact) mass is 218 g/mol. The van der Waals surface area contributed by atoms with Crippen molar-refractivity contribution in [2.45, 2.75) is 6.92 Å². The average Bonchev–Trinajstić information content (AvgIpc) is 2.64. The van der Waals surface area contributed by atoms with Gasteiger partial charge < -0.3 is 14.8 Å². The van der Waals surface area contributed by atoms with Crippen LogP contribution in [0, 0.1) is 6.92 Å². The van der Waals surface area contributed by atoms with Gasteiger partial charge in [-0.25, -0.2) is 9.78 Å². The van der Waals surface area contributed by atoms with E-state index in [9.17, 15) is 9.90 Å². The molecule has 0 saturated carbocycles. The zero-order valence-electron chi connectivity index (χ0n) is 8.58. The maximum Gasteiger partial charge on any atom is 0.337 e. The van der Waals surface area contributed by atoms with E-state index >= 15 is 0 Å². The molecule has 0 aliphatic carbocycles. The van der Waals surface area contributed by atoms with Crippen LogP contribution in [0.25, 0.3) is 5.69 Å². The van der Waals surface area contributed by atoms with E-state index < -0.39 is 5.97 Å². The van der Waals surface area contributed by atoms with Crippen molar-refractivity contribution < 1.29 is 15.0 Å². The molecule has 1 aromatic carbocycles. The number of rotatable bonds is 2. The van der Waals surface area contributed by atoms with Gasteiger partial charge in [0.2, 0.25) is 0 Å². The van der Waals surface area contributed by atoms with Crippen LogP contribution in [-0.4, -0.2) is 25.7 Å². The number of phenolic OH excluding ortho intramolecular Hbond substituents is 1. The van der Waals surface area contributed by atoms with Gasteiger partial charge in [-0.1, -0.05) is 0 Å². The Morgan fingerprint density at radius 2 is 2.19 bits per heavy atom. The number of nitrogens with zero attached hydrogens (tertiary/aromatic N) is 2. The van der Waals surface area contributed by atoms with Crippen LogP contribution in [-0.2, 0) is 0 Å². The van der Waals surface area contributed by atoms with Gasteiger partial charge >= 0.3 is 5.97 Å². The van der Waals surface area contributed by atoms with Crippen LogP contribution in [0.2, 0.25) is 0 Å². The summed E-state index contributed by atoms with van der Waals surface area (Å²) in [7, 11) is 0. The van der Waals surface area contributed by atoms with E-state index in [1.54, 1.807) is 30.0 Å². The van der Waals surface area contributed by atoms with Crippen LogP contribution < -0.4 is 0 Å². The normalized spacial score (nSPS) is 10.3. The van der Waals surface area contributed by atoms with Gasteiger partial charge in [0.25, 0.3) is 0 Å². The largest absolute Gasteiger partial charge is 0.508 e. The summed E-state index contributed by atoms with van der Waals surface area (Å²) in [5.41, 5.74) is 0.529. The van der Waals surface area contributed by atoms with Crippen molar-refractivity contribution in [1.29, 1.82) is 0 Å². The van der Waals surface area contributed by atoms with E-state index in [-0.39, 0.29) is 11.3 Å². The zero-order valence-corrected chi connectivity index (χ0v) is 8.58. The Morgan fingerprint density at radius 3 is 2.75 bits per heavy atom. The summed E-state index contributed by atoms with van der Waals surface area (Å²) in [5.74, 6) is -0.467. The van der Waals surface area contributed by atoms with E-state index in [2.05, 4.69) is 4.98 Å². The molecule has 1 heterocycles. The van der Waals surface area contributed by atoms with Crippen LogP contribution in [0.1, 0.15) is 16.2 Å². The minimum absolute atomic E-state index is 0.0427. The number of carboxylic acids is 1. The molecule has 5 nitrogen and oxygen atoms in total. The Labute approximate surface area is 91.6 Å². The van der Waals surface area contributed by atoms with Gasteiger partial charge in [-0.2, -0.15) is 0 Å². The van der Waals surface area contributed by atoms with Gasteiger partial charge in [0, 0.05) is 12.4 Å². The lowest BCUT2D eigenvalue weighted by atomic mass is 10.1. The van der Waals surface area contributed by atoms with Crippen molar-refractivity contribution >= 4 is 5.97 Å². The van der Waals surface area contributed by atoms with E-state index in [0.29, 0.717) is 11.5 Å². The SMILES string of the molecule is Cc1nccn1-c1ccc(O)cc1C(=O)O. The second-order valence-electron chi connectivity index (χ2n) is 3.35. The van der Waals surface area contributed by atoms with Crippen LogP contribution in [0.15, 0.2) is 30.6 Å². The second-order valence-corrected chi connectivity index (χ2v) is 3.35. The molecule has 2 N–H and O–H groups in total. The summed E-state index contributed by atoms with van der Waals surface area (Å²) in [4.78, 5) is 15.1. The molecule has 0 amide bonds. The topological polar surface area (TPSA) is 75.3 Å². The minimum atomic E-state index is -1.08. The first-order valence-corrected chi connectivity index (χ1v) is 4.66. The molecule has 0 aliphatic rings. The number of hydrogen-bond acceptors (Lipinski definition) is 3. The predicted octanol–water partition coefficient (Wildman–Crippen LogP) is 1.58. The molecule has 0 fully saturated rings. The summed E-state index contributed by atoms with van der Waals surface area (Å²) in [6.45, 7) is 1.78. The Morgan fingerprint density at radius 1 is 1.44 bits per heavy atom. The Bertz CT molecular complexity index is 546. The number of aromatic hydroxyl groups is 1. The number of aromatic nitrogens is 2. The molecule has 0 aliphatic heterocycles. The standard InChI is InChI=1S/C11H10N2O3/c1-7-12-4-5-13(7)10-3-2-8(14)6-9(10)11(15)16/h2-6,14H,1H3,(H,15,16). The van der Waals surface area contributed by atoms with Gasteiger partial charge in [-0.3, -0.25) is 0 Å². The highest BCUT2D eigenvalue weighted by Gasteiger charge is 2.13. The summed E-state index contributed by atoms with van der Waals surface area (Å²) < 4.78 is 1.66. The zero-order chi connectivity index (χ0) is 11.7. The Balaban J connectivity index is 2.65. The quantitative estimate of drug-likeness (QED) is 0.802. The number of aryl methyl sites for hydroxylation is 1. The number of carboxylic acid groups (broad SMARTS) is 1. The van der Waals surface area contributed by atoms with E-state index in [1.165, 1.54) is 12.1 Å². The van der Waals surface area contributed by atoms with Gasteiger partial charge in [0.05, 0.1) is 11.3 Å². The maximum absolute atomic E-state index is 11.0. The molecule has 2 rings (SSSR count). The van der Waals surface area contributed by atoms with Crippen molar-refractivity contribution in [3.05, 3.63) is 42.0 Å². The molecule has 82 valence electrons. The first-order chi connectivity index (χ1) is 7.59. The number of aromatic carboxylic acids is 1. The molecule has 16 heavy (non-hydrogen) atoms. The fourth-order valence-corrected chi connectivity index (χ4v) is 1.54. The summed E-state index contributed by atoms with van der Waals surface area (Å²) in [6.07, 6.45) is 3.27. The summed E-state index contributed by atoms with van der Waals surface area (Å²) in [5, 5.41) is 18.3. The molecule has 0 radical (unpaired) electrons. The molecule has 2 aromatic rings. The molecule has 1 aromatic heterocycles. The fraction of sp³-hybridized carbons (Fsp3) is 0.0909. The molecule has 0 saturated heterocycles. The number of carbonyl (C=O) groups is 1. The number of benzene rings is 1. The van der Waals surface area contributed by atoms with Gasteiger partial charge in [-0.05, 0) is 25.1 Å².